The summed E-state index contributed by atoms with van der Waals surface area (Å²) < 4.78 is 28.2. The lowest BCUT2D eigenvalue weighted by atomic mass is 9.60. The van der Waals surface area contributed by atoms with E-state index in [9.17, 15) is 8.78 Å². The van der Waals surface area contributed by atoms with Gasteiger partial charge < -0.3 is 0 Å². The van der Waals surface area contributed by atoms with Crippen molar-refractivity contribution in [2.24, 2.45) is 35.5 Å². The summed E-state index contributed by atoms with van der Waals surface area (Å²) in [6.07, 6.45) is 8.67. The second-order valence-corrected chi connectivity index (χ2v) is 8.48. The Labute approximate surface area is 139 Å². The van der Waals surface area contributed by atoms with Crippen LogP contribution in [0.2, 0.25) is 0 Å². The molecule has 0 aliphatic heterocycles. The molecule has 0 bridgehead atoms. The number of hydrogen-bond donors (Lipinski definition) is 0. The smallest absolute Gasteiger partial charge is 0.119 e. The van der Waals surface area contributed by atoms with E-state index in [1.807, 2.05) is 6.07 Å². The van der Waals surface area contributed by atoms with E-state index in [1.54, 1.807) is 0 Å². The summed E-state index contributed by atoms with van der Waals surface area (Å²) in [5, 5.41) is 8.92. The topological polar surface area (TPSA) is 23.8 Å². The van der Waals surface area contributed by atoms with Crippen LogP contribution in [0.25, 0.3) is 0 Å². The third-order valence-electron chi connectivity index (χ3n) is 7.11. The number of rotatable bonds is 3. The van der Waals surface area contributed by atoms with Crippen LogP contribution in [0, 0.1) is 46.8 Å². The molecule has 0 radical (unpaired) electrons. The minimum absolute atomic E-state index is 0.166. The van der Waals surface area contributed by atoms with Gasteiger partial charge in [-0.1, -0.05) is 26.2 Å². The van der Waals surface area contributed by atoms with Gasteiger partial charge in [0.25, 0.3) is 0 Å². The van der Waals surface area contributed by atoms with Gasteiger partial charge in [0.1, 0.15) is 18.3 Å². The SMILES string of the molecule is CCCC1CCC2CC(C3CC(F)C(C#N)C(F)C3)CCC2C1. The van der Waals surface area contributed by atoms with E-state index < -0.39 is 18.3 Å². The van der Waals surface area contributed by atoms with Crippen molar-refractivity contribution >= 4 is 0 Å². The summed E-state index contributed by atoms with van der Waals surface area (Å²) in [6, 6.07) is 1.84. The van der Waals surface area contributed by atoms with Crippen molar-refractivity contribution in [3.05, 3.63) is 0 Å². The molecule has 130 valence electrons. The van der Waals surface area contributed by atoms with Gasteiger partial charge >= 0.3 is 0 Å². The normalized spacial score (nSPS) is 47.6. The van der Waals surface area contributed by atoms with E-state index in [2.05, 4.69) is 6.92 Å². The zero-order chi connectivity index (χ0) is 16.4. The molecule has 0 aromatic carbocycles. The standard InChI is InChI=1S/C20H31F2N/c1-2-3-13-4-5-15-9-16(7-6-14(15)8-13)17-10-19(21)18(12-23)20(22)11-17/h13-20H,2-11H2,1H3. The summed E-state index contributed by atoms with van der Waals surface area (Å²) in [7, 11) is 0. The van der Waals surface area contributed by atoms with Gasteiger partial charge in [-0.05, 0) is 74.5 Å². The molecule has 3 rings (SSSR count). The minimum atomic E-state index is -1.26. The van der Waals surface area contributed by atoms with Gasteiger partial charge in [-0.25, -0.2) is 8.78 Å². The van der Waals surface area contributed by atoms with Crippen molar-refractivity contribution in [2.45, 2.75) is 83.5 Å². The Bertz CT molecular complexity index is 420. The molecule has 6 unspecified atom stereocenters. The van der Waals surface area contributed by atoms with Crippen LogP contribution in [-0.2, 0) is 0 Å². The zero-order valence-corrected chi connectivity index (χ0v) is 14.4. The first kappa shape index (κ1) is 17.2. The first-order chi connectivity index (χ1) is 11.1. The Morgan fingerprint density at radius 2 is 1.39 bits per heavy atom. The maximum Gasteiger partial charge on any atom is 0.119 e. The average molecular weight is 323 g/mol. The molecular formula is C20H31F2N. The Hall–Kier alpha value is -0.650. The molecule has 3 fully saturated rings. The molecule has 3 heteroatoms. The summed E-state index contributed by atoms with van der Waals surface area (Å²) in [4.78, 5) is 0. The van der Waals surface area contributed by atoms with Crippen LogP contribution in [0.4, 0.5) is 8.78 Å². The third-order valence-corrected chi connectivity index (χ3v) is 7.11. The fourth-order valence-corrected chi connectivity index (χ4v) is 5.86. The van der Waals surface area contributed by atoms with Gasteiger partial charge in [0.2, 0.25) is 0 Å². The Balaban J connectivity index is 1.55. The fraction of sp³-hybridized carbons (Fsp3) is 0.950. The molecule has 0 aromatic heterocycles. The van der Waals surface area contributed by atoms with Crippen molar-refractivity contribution in [2.75, 3.05) is 0 Å². The summed E-state index contributed by atoms with van der Waals surface area (Å²) in [5.41, 5.74) is 0. The molecule has 1 nitrogen and oxygen atoms in total. The van der Waals surface area contributed by atoms with Crippen LogP contribution in [0.5, 0.6) is 0 Å². The van der Waals surface area contributed by atoms with Crippen molar-refractivity contribution in [3.8, 4) is 6.07 Å². The molecule has 23 heavy (non-hydrogen) atoms. The predicted molar refractivity (Wildman–Crippen MR) is 88.2 cm³/mol. The minimum Gasteiger partial charge on any atom is -0.246 e. The molecule has 0 aromatic rings. The Morgan fingerprint density at radius 1 is 0.826 bits per heavy atom. The van der Waals surface area contributed by atoms with E-state index in [0.29, 0.717) is 18.8 Å². The predicted octanol–water partition coefficient (Wildman–Crippen LogP) is 5.85. The second kappa shape index (κ2) is 7.49. The average Bonchev–Trinajstić information content (AvgIpc) is 2.54. The highest BCUT2D eigenvalue weighted by molar-refractivity contribution is 5.00. The highest BCUT2D eigenvalue weighted by atomic mass is 19.1. The van der Waals surface area contributed by atoms with Gasteiger partial charge in [0.15, 0.2) is 0 Å². The fourth-order valence-electron chi connectivity index (χ4n) is 5.86. The van der Waals surface area contributed by atoms with Crippen LogP contribution in [0.15, 0.2) is 0 Å². The number of hydrogen-bond acceptors (Lipinski definition) is 1. The zero-order valence-electron chi connectivity index (χ0n) is 14.4. The molecule has 3 aliphatic rings. The lowest BCUT2D eigenvalue weighted by Gasteiger charge is -2.45. The van der Waals surface area contributed by atoms with E-state index in [4.69, 9.17) is 5.26 Å². The molecule has 0 amide bonds. The maximum atomic E-state index is 14.1. The third kappa shape index (κ3) is 3.72. The number of nitriles is 1. The van der Waals surface area contributed by atoms with Crippen molar-refractivity contribution in [1.29, 1.82) is 5.26 Å². The molecule has 6 atom stereocenters. The van der Waals surface area contributed by atoms with E-state index in [-0.39, 0.29) is 5.92 Å². The molecule has 3 saturated carbocycles. The van der Waals surface area contributed by atoms with Crippen molar-refractivity contribution in [1.82, 2.24) is 0 Å². The van der Waals surface area contributed by atoms with E-state index in [0.717, 1.165) is 24.2 Å². The van der Waals surface area contributed by atoms with Crippen LogP contribution in [-0.4, -0.2) is 12.3 Å². The van der Waals surface area contributed by atoms with Crippen LogP contribution in [0.3, 0.4) is 0 Å². The molecule has 3 aliphatic carbocycles. The summed E-state index contributed by atoms with van der Waals surface area (Å²) >= 11 is 0. The lowest BCUT2D eigenvalue weighted by Crippen LogP contribution is -2.40. The monoisotopic (exact) mass is 323 g/mol. The van der Waals surface area contributed by atoms with Gasteiger partial charge in [-0.2, -0.15) is 5.26 Å². The largest absolute Gasteiger partial charge is 0.246 e. The molecular weight excluding hydrogens is 292 g/mol. The quantitative estimate of drug-likeness (QED) is 0.639. The molecule has 0 saturated heterocycles. The first-order valence-corrected chi connectivity index (χ1v) is 9.80. The van der Waals surface area contributed by atoms with Crippen molar-refractivity contribution < 1.29 is 8.78 Å². The van der Waals surface area contributed by atoms with Crippen LogP contribution >= 0.6 is 0 Å². The number of halogens is 2. The van der Waals surface area contributed by atoms with Crippen LogP contribution in [0.1, 0.15) is 71.1 Å². The highest BCUT2D eigenvalue weighted by Crippen LogP contribution is 2.50. The summed E-state index contributed by atoms with van der Waals surface area (Å²) in [5.74, 6) is 2.23. The van der Waals surface area contributed by atoms with Gasteiger partial charge in [0.05, 0.1) is 6.07 Å². The van der Waals surface area contributed by atoms with E-state index >= 15 is 0 Å². The molecule has 0 heterocycles. The van der Waals surface area contributed by atoms with Gasteiger partial charge in [-0.3, -0.25) is 0 Å². The van der Waals surface area contributed by atoms with Crippen LogP contribution < -0.4 is 0 Å². The van der Waals surface area contributed by atoms with Gasteiger partial charge in [-0.15, -0.1) is 0 Å². The Kier molecular flexibility index (Phi) is 5.60. The lowest BCUT2D eigenvalue weighted by molar-refractivity contribution is 0.0135. The first-order valence-electron chi connectivity index (χ1n) is 9.80. The Morgan fingerprint density at radius 3 is 2.00 bits per heavy atom. The summed E-state index contributed by atoms with van der Waals surface area (Å²) in [6.45, 7) is 2.28. The number of alkyl halides is 2. The molecule has 0 N–H and O–H groups in total. The number of nitrogens with zero attached hydrogens (tertiary/aromatic N) is 1. The second-order valence-electron chi connectivity index (χ2n) is 8.48. The van der Waals surface area contributed by atoms with Gasteiger partial charge in [0, 0.05) is 0 Å². The maximum absolute atomic E-state index is 14.1. The van der Waals surface area contributed by atoms with Crippen molar-refractivity contribution in [3.63, 3.8) is 0 Å². The number of fused-ring (bicyclic) bond motifs is 1. The van der Waals surface area contributed by atoms with E-state index in [1.165, 1.54) is 44.9 Å². The highest BCUT2D eigenvalue weighted by Gasteiger charge is 2.44. The molecule has 0 spiro atoms.